The van der Waals surface area contributed by atoms with Crippen molar-refractivity contribution in [2.45, 2.75) is 16.9 Å². The van der Waals surface area contributed by atoms with Crippen LogP contribution in [0.15, 0.2) is 34.5 Å². The lowest BCUT2D eigenvalue weighted by Gasteiger charge is -2.09. The minimum Gasteiger partial charge on any atom is -0.379 e. The van der Waals surface area contributed by atoms with E-state index in [4.69, 9.17) is 15.5 Å². The van der Waals surface area contributed by atoms with Crippen LogP contribution in [0.5, 0.6) is 0 Å². The Morgan fingerprint density at radius 2 is 2.11 bits per heavy atom. The smallest absolute Gasteiger partial charge is 0.123 e. The molecule has 1 fully saturated rings. The molecule has 2 unspecified atom stereocenters. The monoisotopic (exact) mass is 292 g/mol. The van der Waals surface area contributed by atoms with E-state index in [1.807, 2.05) is 0 Å². The van der Waals surface area contributed by atoms with E-state index in [2.05, 4.69) is 35.9 Å². The lowest BCUT2D eigenvalue weighted by Crippen LogP contribution is -2.26. The number of nitrogens with zero attached hydrogens (tertiary/aromatic N) is 1. The molecule has 19 heavy (non-hydrogen) atoms. The molecule has 1 aliphatic rings. The summed E-state index contributed by atoms with van der Waals surface area (Å²) in [6.07, 6.45) is 2.08. The van der Waals surface area contributed by atoms with Crippen LogP contribution in [0.25, 0.3) is 10.6 Å². The van der Waals surface area contributed by atoms with Gasteiger partial charge >= 0.3 is 0 Å². The molecular formula is C14H16N2OS2. The van der Waals surface area contributed by atoms with E-state index >= 15 is 0 Å². The quantitative estimate of drug-likeness (QED) is 0.884. The second-order valence-corrected chi connectivity index (χ2v) is 6.35. The standard InChI is InChI=1S/C14H16N2OS2/c1-18-10-4-2-9(3-5-10)14-16-13(8-19-14)11-6-17-7-12(11)15/h2-5,8,11-12H,6-7,15H2,1H3. The number of rotatable bonds is 3. The molecule has 0 aliphatic carbocycles. The maximum absolute atomic E-state index is 6.03. The molecule has 1 saturated heterocycles. The molecular weight excluding hydrogens is 276 g/mol. The fraction of sp³-hybridized carbons (Fsp3) is 0.357. The molecule has 3 nitrogen and oxygen atoms in total. The zero-order valence-corrected chi connectivity index (χ0v) is 12.3. The zero-order chi connectivity index (χ0) is 13.2. The lowest BCUT2D eigenvalue weighted by molar-refractivity contribution is 0.190. The van der Waals surface area contributed by atoms with Crippen molar-refractivity contribution in [3.05, 3.63) is 35.3 Å². The van der Waals surface area contributed by atoms with Gasteiger partial charge < -0.3 is 10.5 Å². The zero-order valence-electron chi connectivity index (χ0n) is 10.7. The molecule has 2 atom stereocenters. The summed E-state index contributed by atoms with van der Waals surface area (Å²) in [6.45, 7) is 1.33. The number of benzene rings is 1. The van der Waals surface area contributed by atoms with Gasteiger partial charge in [-0.25, -0.2) is 4.98 Å². The van der Waals surface area contributed by atoms with Gasteiger partial charge in [-0.3, -0.25) is 0 Å². The van der Waals surface area contributed by atoms with Crippen molar-refractivity contribution in [3.63, 3.8) is 0 Å². The molecule has 3 rings (SSSR count). The Morgan fingerprint density at radius 1 is 1.32 bits per heavy atom. The Balaban J connectivity index is 1.83. The Morgan fingerprint density at radius 3 is 2.74 bits per heavy atom. The van der Waals surface area contributed by atoms with E-state index in [9.17, 15) is 0 Å². The number of nitrogens with two attached hydrogens (primary N) is 1. The van der Waals surface area contributed by atoms with Gasteiger partial charge in [0.1, 0.15) is 5.01 Å². The van der Waals surface area contributed by atoms with Gasteiger partial charge in [-0.1, -0.05) is 12.1 Å². The van der Waals surface area contributed by atoms with Crippen LogP contribution in [0.3, 0.4) is 0 Å². The third-order valence-electron chi connectivity index (χ3n) is 3.36. The second-order valence-electron chi connectivity index (χ2n) is 4.61. The molecule has 0 bridgehead atoms. The third kappa shape index (κ3) is 2.69. The molecule has 100 valence electrons. The molecule has 2 N–H and O–H groups in total. The van der Waals surface area contributed by atoms with Gasteiger partial charge in [-0.05, 0) is 18.4 Å². The van der Waals surface area contributed by atoms with Gasteiger partial charge in [0.05, 0.1) is 18.9 Å². The fourth-order valence-corrected chi connectivity index (χ4v) is 3.50. The van der Waals surface area contributed by atoms with Crippen molar-refractivity contribution in [1.82, 2.24) is 4.98 Å². The number of ether oxygens (including phenoxy) is 1. The van der Waals surface area contributed by atoms with E-state index in [-0.39, 0.29) is 12.0 Å². The molecule has 0 saturated carbocycles. The van der Waals surface area contributed by atoms with Crippen molar-refractivity contribution >= 4 is 23.1 Å². The highest BCUT2D eigenvalue weighted by atomic mass is 32.2. The molecule has 0 spiro atoms. The summed E-state index contributed by atoms with van der Waals surface area (Å²) in [4.78, 5) is 5.99. The minimum atomic E-state index is 0.0776. The largest absolute Gasteiger partial charge is 0.379 e. The minimum absolute atomic E-state index is 0.0776. The van der Waals surface area contributed by atoms with Crippen LogP contribution in [-0.2, 0) is 4.74 Å². The summed E-state index contributed by atoms with van der Waals surface area (Å²) in [7, 11) is 0. The van der Waals surface area contributed by atoms with Crippen LogP contribution in [0, 0.1) is 0 Å². The van der Waals surface area contributed by atoms with Crippen LogP contribution >= 0.6 is 23.1 Å². The van der Waals surface area contributed by atoms with Crippen LogP contribution < -0.4 is 5.73 Å². The fourth-order valence-electron chi connectivity index (χ4n) is 2.20. The Labute approximate surface area is 121 Å². The molecule has 5 heteroatoms. The number of hydrogen-bond acceptors (Lipinski definition) is 5. The maximum Gasteiger partial charge on any atom is 0.123 e. The molecule has 1 aromatic heterocycles. The number of aromatic nitrogens is 1. The van der Waals surface area contributed by atoms with Gasteiger partial charge in [0.15, 0.2) is 0 Å². The van der Waals surface area contributed by atoms with Crippen molar-refractivity contribution in [1.29, 1.82) is 0 Å². The summed E-state index contributed by atoms with van der Waals surface area (Å²) in [6, 6.07) is 8.59. The van der Waals surface area contributed by atoms with Crippen LogP contribution in [0.4, 0.5) is 0 Å². The predicted octanol–water partition coefficient (Wildman–Crippen LogP) is 2.97. The highest BCUT2D eigenvalue weighted by molar-refractivity contribution is 7.98. The molecule has 0 amide bonds. The van der Waals surface area contributed by atoms with Crippen molar-refractivity contribution < 1.29 is 4.74 Å². The van der Waals surface area contributed by atoms with Crippen molar-refractivity contribution in [2.75, 3.05) is 19.5 Å². The van der Waals surface area contributed by atoms with Crippen LogP contribution in [-0.4, -0.2) is 30.5 Å². The average molecular weight is 292 g/mol. The maximum atomic E-state index is 6.03. The molecule has 2 heterocycles. The molecule has 0 radical (unpaired) electrons. The second kappa shape index (κ2) is 5.63. The Bertz CT molecular complexity index is 553. The predicted molar refractivity (Wildman–Crippen MR) is 80.9 cm³/mol. The van der Waals surface area contributed by atoms with Crippen LogP contribution in [0.2, 0.25) is 0 Å². The summed E-state index contributed by atoms with van der Waals surface area (Å²) in [5.41, 5.74) is 8.27. The van der Waals surface area contributed by atoms with E-state index < -0.39 is 0 Å². The number of thioether (sulfide) groups is 1. The first kappa shape index (κ1) is 13.1. The van der Waals surface area contributed by atoms with Gasteiger partial charge in [0, 0.05) is 27.8 Å². The highest BCUT2D eigenvalue weighted by Crippen LogP contribution is 2.31. The first-order chi connectivity index (χ1) is 9.28. The van der Waals surface area contributed by atoms with Gasteiger partial charge in [0.25, 0.3) is 0 Å². The van der Waals surface area contributed by atoms with Gasteiger partial charge in [-0.15, -0.1) is 23.1 Å². The Kier molecular flexibility index (Phi) is 3.88. The number of hydrogen-bond donors (Lipinski definition) is 1. The van der Waals surface area contributed by atoms with E-state index in [1.165, 1.54) is 10.5 Å². The van der Waals surface area contributed by atoms with Crippen molar-refractivity contribution in [2.24, 2.45) is 5.73 Å². The van der Waals surface area contributed by atoms with Gasteiger partial charge in [-0.2, -0.15) is 0 Å². The highest BCUT2D eigenvalue weighted by Gasteiger charge is 2.28. The lowest BCUT2D eigenvalue weighted by atomic mass is 10.0. The SMILES string of the molecule is CSc1ccc(-c2nc(C3COCC3N)cs2)cc1. The average Bonchev–Trinajstić information content (AvgIpc) is 3.07. The first-order valence-corrected chi connectivity index (χ1v) is 8.31. The topological polar surface area (TPSA) is 48.1 Å². The summed E-state index contributed by atoms with van der Waals surface area (Å²) >= 11 is 3.42. The first-order valence-electron chi connectivity index (χ1n) is 6.21. The third-order valence-corrected chi connectivity index (χ3v) is 5.02. The summed E-state index contributed by atoms with van der Waals surface area (Å²) in [5.74, 6) is 0.246. The van der Waals surface area contributed by atoms with E-state index in [0.29, 0.717) is 13.2 Å². The molecule has 1 aliphatic heterocycles. The van der Waals surface area contributed by atoms with Crippen LogP contribution in [0.1, 0.15) is 11.6 Å². The van der Waals surface area contributed by atoms with Crippen molar-refractivity contribution in [3.8, 4) is 10.6 Å². The summed E-state index contributed by atoms with van der Waals surface area (Å²) < 4.78 is 5.41. The number of thiazole rings is 1. The van der Waals surface area contributed by atoms with E-state index in [0.717, 1.165) is 10.7 Å². The van der Waals surface area contributed by atoms with E-state index in [1.54, 1.807) is 23.1 Å². The molecule has 2 aromatic rings. The molecule has 1 aromatic carbocycles. The normalized spacial score (nSPS) is 22.8. The summed E-state index contributed by atoms with van der Waals surface area (Å²) in [5, 5.41) is 3.17. The van der Waals surface area contributed by atoms with Gasteiger partial charge in [0.2, 0.25) is 0 Å². The Hall–Kier alpha value is -0.880.